The number of nitrogens with one attached hydrogen (secondary N) is 2. The predicted molar refractivity (Wildman–Crippen MR) is 179 cm³/mol. The van der Waals surface area contributed by atoms with Gasteiger partial charge in [0.2, 0.25) is 0 Å². The molecule has 5 aromatic carbocycles. The van der Waals surface area contributed by atoms with Crippen LogP contribution < -0.4 is 10.6 Å². The maximum Gasteiger partial charge on any atom is 0.131 e. The minimum atomic E-state index is -0.177. The summed E-state index contributed by atoms with van der Waals surface area (Å²) >= 11 is 0. The van der Waals surface area contributed by atoms with Gasteiger partial charge in [-0.05, 0) is 68.6 Å². The van der Waals surface area contributed by atoms with E-state index in [2.05, 4.69) is 152 Å². The first kappa shape index (κ1) is 25.9. The molecule has 43 heavy (non-hydrogen) atoms. The molecule has 3 nitrogen and oxygen atoms in total. The van der Waals surface area contributed by atoms with Crippen molar-refractivity contribution in [2.75, 3.05) is 0 Å². The van der Waals surface area contributed by atoms with Crippen LogP contribution in [0.1, 0.15) is 66.8 Å². The molecule has 1 aliphatic heterocycles. The molecular weight excluding hydrogens is 522 g/mol. The maximum atomic E-state index is 5.16. The van der Waals surface area contributed by atoms with E-state index in [1.807, 2.05) is 0 Å². The number of fused-ring (bicyclic) bond motifs is 3. The fourth-order valence-electron chi connectivity index (χ4n) is 7.35. The van der Waals surface area contributed by atoms with Crippen LogP contribution in [0.25, 0.3) is 27.5 Å². The van der Waals surface area contributed by atoms with Crippen molar-refractivity contribution in [2.45, 2.75) is 44.4 Å². The molecule has 0 aromatic heterocycles. The first-order chi connectivity index (χ1) is 21.1. The summed E-state index contributed by atoms with van der Waals surface area (Å²) in [5.74, 6) is 0.900. The van der Waals surface area contributed by atoms with E-state index in [-0.39, 0.29) is 17.7 Å². The third-order valence-electron chi connectivity index (χ3n) is 9.48. The van der Waals surface area contributed by atoms with Crippen molar-refractivity contribution >= 4 is 22.2 Å². The number of benzene rings is 5. The Hall–Kier alpha value is -4.73. The van der Waals surface area contributed by atoms with Gasteiger partial charge in [0.1, 0.15) is 18.2 Å². The summed E-state index contributed by atoms with van der Waals surface area (Å²) in [6, 6.07) is 41.3. The lowest BCUT2D eigenvalue weighted by Gasteiger charge is -2.33. The van der Waals surface area contributed by atoms with Gasteiger partial charge in [-0.2, -0.15) is 0 Å². The number of hydrogen-bond acceptors (Lipinski definition) is 3. The van der Waals surface area contributed by atoms with Crippen LogP contribution in [0.2, 0.25) is 0 Å². The van der Waals surface area contributed by atoms with Crippen LogP contribution in [0.4, 0.5) is 0 Å². The minimum Gasteiger partial charge on any atom is -0.350 e. The van der Waals surface area contributed by atoms with Crippen LogP contribution in [0.5, 0.6) is 0 Å². The van der Waals surface area contributed by atoms with Gasteiger partial charge in [-0.3, -0.25) is 5.32 Å². The SMILES string of the molecule is CC1(C)C2=C(C=CCC2)c2c1cc1ccccc1c2-c1ccccc1C1NC(c2ccccc2)=NC(c2ccccc2)N1. The second-order valence-electron chi connectivity index (χ2n) is 12.3. The summed E-state index contributed by atoms with van der Waals surface area (Å²) < 4.78 is 0. The highest BCUT2D eigenvalue weighted by Gasteiger charge is 2.40. The van der Waals surface area contributed by atoms with E-state index in [0.717, 1.165) is 29.8 Å². The van der Waals surface area contributed by atoms with Gasteiger partial charge in [-0.1, -0.05) is 141 Å². The Bertz CT molecular complexity index is 1950. The van der Waals surface area contributed by atoms with Gasteiger partial charge < -0.3 is 5.32 Å². The van der Waals surface area contributed by atoms with Crippen LogP contribution >= 0.6 is 0 Å². The van der Waals surface area contributed by atoms with Gasteiger partial charge in [0, 0.05) is 11.0 Å². The first-order valence-corrected chi connectivity index (χ1v) is 15.4. The molecule has 2 N–H and O–H groups in total. The van der Waals surface area contributed by atoms with Crippen molar-refractivity contribution in [3.63, 3.8) is 0 Å². The Balaban J connectivity index is 1.34. The van der Waals surface area contributed by atoms with Gasteiger partial charge in [-0.25, -0.2) is 4.99 Å². The second kappa shape index (κ2) is 10.2. The van der Waals surface area contributed by atoms with E-state index in [1.54, 1.807) is 5.57 Å². The summed E-state index contributed by atoms with van der Waals surface area (Å²) in [5, 5.41) is 10.2. The van der Waals surface area contributed by atoms with Crippen molar-refractivity contribution in [1.82, 2.24) is 10.6 Å². The zero-order valence-electron chi connectivity index (χ0n) is 24.6. The van der Waals surface area contributed by atoms with E-state index in [1.165, 1.54) is 44.2 Å². The molecular formula is C40H35N3. The molecule has 0 amide bonds. The molecule has 0 spiro atoms. The molecule has 8 rings (SSSR count). The van der Waals surface area contributed by atoms with E-state index < -0.39 is 0 Å². The molecule has 2 atom stereocenters. The van der Waals surface area contributed by atoms with Crippen LogP contribution in [0.15, 0.2) is 138 Å². The molecule has 1 heterocycles. The highest BCUT2D eigenvalue weighted by molar-refractivity contribution is 6.08. The van der Waals surface area contributed by atoms with Gasteiger partial charge in [0.15, 0.2) is 0 Å². The van der Waals surface area contributed by atoms with Gasteiger partial charge in [0.05, 0.1) is 0 Å². The number of allylic oxidation sites excluding steroid dienone is 4. The predicted octanol–water partition coefficient (Wildman–Crippen LogP) is 9.24. The molecule has 3 aliphatic rings. The van der Waals surface area contributed by atoms with Crippen molar-refractivity contribution in [3.8, 4) is 11.1 Å². The number of amidine groups is 1. The molecule has 0 bridgehead atoms. The minimum absolute atomic E-state index is 0.00394. The summed E-state index contributed by atoms with van der Waals surface area (Å²) in [6.07, 6.45) is 6.64. The molecule has 2 unspecified atom stereocenters. The topological polar surface area (TPSA) is 36.4 Å². The van der Waals surface area contributed by atoms with Gasteiger partial charge in [-0.15, -0.1) is 0 Å². The zero-order chi connectivity index (χ0) is 29.0. The van der Waals surface area contributed by atoms with E-state index in [4.69, 9.17) is 4.99 Å². The highest BCUT2D eigenvalue weighted by atomic mass is 15.3. The monoisotopic (exact) mass is 557 g/mol. The lowest BCUT2D eigenvalue weighted by molar-refractivity contribution is 0.409. The average molecular weight is 558 g/mol. The number of rotatable bonds is 4. The second-order valence-corrected chi connectivity index (χ2v) is 12.3. The van der Waals surface area contributed by atoms with Crippen molar-refractivity contribution in [3.05, 3.63) is 161 Å². The fourth-order valence-corrected chi connectivity index (χ4v) is 7.35. The van der Waals surface area contributed by atoms with E-state index >= 15 is 0 Å². The largest absolute Gasteiger partial charge is 0.350 e. The smallest absolute Gasteiger partial charge is 0.131 e. The normalized spacial score (nSPS) is 20.4. The third kappa shape index (κ3) is 4.26. The Morgan fingerprint density at radius 1 is 0.767 bits per heavy atom. The highest BCUT2D eigenvalue weighted by Crippen LogP contribution is 2.55. The fraction of sp³-hybridized carbons (Fsp3) is 0.175. The molecule has 3 heteroatoms. The third-order valence-corrected chi connectivity index (χ3v) is 9.48. The Morgan fingerprint density at radius 3 is 2.33 bits per heavy atom. The van der Waals surface area contributed by atoms with Gasteiger partial charge >= 0.3 is 0 Å². The quantitative estimate of drug-likeness (QED) is 0.231. The summed E-state index contributed by atoms with van der Waals surface area (Å²) in [6.45, 7) is 4.82. The summed E-state index contributed by atoms with van der Waals surface area (Å²) in [5.41, 5.74) is 11.9. The van der Waals surface area contributed by atoms with Gasteiger partial charge in [0.25, 0.3) is 0 Å². The zero-order valence-corrected chi connectivity index (χ0v) is 24.6. The van der Waals surface area contributed by atoms with Crippen molar-refractivity contribution < 1.29 is 0 Å². The van der Waals surface area contributed by atoms with Crippen LogP contribution in [-0.4, -0.2) is 5.84 Å². The van der Waals surface area contributed by atoms with E-state index in [9.17, 15) is 0 Å². The van der Waals surface area contributed by atoms with Crippen LogP contribution in [-0.2, 0) is 5.41 Å². The van der Waals surface area contributed by atoms with Crippen LogP contribution in [0.3, 0.4) is 0 Å². The molecule has 0 saturated carbocycles. The number of nitrogens with zero attached hydrogens (tertiary/aromatic N) is 1. The Morgan fingerprint density at radius 2 is 1.49 bits per heavy atom. The van der Waals surface area contributed by atoms with Crippen molar-refractivity contribution in [2.24, 2.45) is 4.99 Å². The molecule has 5 aromatic rings. The number of hydrogen-bond donors (Lipinski definition) is 2. The van der Waals surface area contributed by atoms with Crippen molar-refractivity contribution in [1.29, 1.82) is 0 Å². The standard InChI is InChI=1S/C40H35N3/c1-40(2)33-24-14-13-23-32(33)36-34(40)25-28-19-9-10-20-29(28)35(36)30-21-11-12-22-31(30)39-42-37(26-15-5-3-6-16-26)41-38(43-39)27-17-7-4-8-18-27/h3-13,15-23,25,37,39,42H,14,24H2,1-2H3,(H,41,43). The summed E-state index contributed by atoms with van der Waals surface area (Å²) in [7, 11) is 0. The maximum absolute atomic E-state index is 5.16. The molecule has 210 valence electrons. The first-order valence-electron chi connectivity index (χ1n) is 15.4. The molecule has 0 fully saturated rings. The average Bonchev–Trinajstić information content (AvgIpc) is 3.30. The molecule has 0 radical (unpaired) electrons. The van der Waals surface area contributed by atoms with Crippen LogP contribution in [0, 0.1) is 0 Å². The van der Waals surface area contributed by atoms with E-state index in [0.29, 0.717) is 0 Å². The Labute approximate surface area is 253 Å². The lowest BCUT2D eigenvalue weighted by atomic mass is 9.77. The molecule has 2 aliphatic carbocycles. The lowest BCUT2D eigenvalue weighted by Crippen LogP contribution is -2.45. The summed E-state index contributed by atoms with van der Waals surface area (Å²) in [4.78, 5) is 5.16. The number of aliphatic imine (C=N–C) groups is 1. The molecule has 0 saturated heterocycles. The Kier molecular flexibility index (Phi) is 6.16.